The van der Waals surface area contributed by atoms with Gasteiger partial charge in [0.05, 0.1) is 20.6 Å². The van der Waals surface area contributed by atoms with Crippen LogP contribution in [0.5, 0.6) is 0 Å². The highest BCUT2D eigenvalue weighted by molar-refractivity contribution is 6.30. The van der Waals surface area contributed by atoms with Crippen molar-refractivity contribution in [2.75, 3.05) is 27.2 Å². The van der Waals surface area contributed by atoms with Gasteiger partial charge in [-0.05, 0) is 24.3 Å². The van der Waals surface area contributed by atoms with E-state index in [4.69, 9.17) is 11.6 Å². The Balaban J connectivity index is 2.42. The monoisotopic (exact) mass is 255 g/mol. The molecule has 0 fully saturated rings. The molecule has 4 heteroatoms. The number of carbonyl (C=O) groups is 1. The smallest absolute Gasteiger partial charge is 0.251 e. The third-order valence-electron chi connectivity index (χ3n) is 2.47. The van der Waals surface area contributed by atoms with Gasteiger partial charge in [0.25, 0.3) is 5.91 Å². The van der Waals surface area contributed by atoms with Crippen LogP contribution in [-0.4, -0.2) is 33.1 Å². The highest BCUT2D eigenvalue weighted by Gasteiger charge is 2.09. The van der Waals surface area contributed by atoms with E-state index in [2.05, 4.69) is 26.3 Å². The number of amides is 1. The second kappa shape index (κ2) is 6.62. The van der Waals surface area contributed by atoms with Gasteiger partial charge in [0, 0.05) is 23.0 Å². The molecule has 0 bridgehead atoms. The summed E-state index contributed by atoms with van der Waals surface area (Å²) in [5, 5.41) is 3.57. The van der Waals surface area contributed by atoms with Crippen LogP contribution in [0.25, 0.3) is 0 Å². The molecule has 0 aliphatic heterocycles. The topological polar surface area (TPSA) is 33.5 Å². The molecule has 1 rings (SSSR count). The van der Waals surface area contributed by atoms with Gasteiger partial charge in [-0.1, -0.05) is 18.5 Å². The van der Waals surface area contributed by atoms with Gasteiger partial charge in [-0.25, -0.2) is 0 Å². The summed E-state index contributed by atoms with van der Waals surface area (Å²) in [6.45, 7) is 3.88. The Morgan fingerprint density at radius 3 is 2.47 bits per heavy atom. The number of benzene rings is 1. The molecule has 94 valence electrons. The normalized spacial score (nSPS) is 12.5. The Kier molecular flexibility index (Phi) is 5.45. The molecular formula is C13H20ClN2O+. The molecule has 0 radical (unpaired) electrons. The summed E-state index contributed by atoms with van der Waals surface area (Å²) < 4.78 is 0. The highest BCUT2D eigenvalue weighted by Crippen LogP contribution is 2.09. The van der Waals surface area contributed by atoms with Crippen LogP contribution in [0, 0.1) is 5.92 Å². The van der Waals surface area contributed by atoms with Gasteiger partial charge < -0.3 is 10.2 Å². The number of halogens is 1. The number of hydrogen-bond acceptors (Lipinski definition) is 1. The molecule has 0 spiro atoms. The van der Waals surface area contributed by atoms with E-state index < -0.39 is 0 Å². The summed E-state index contributed by atoms with van der Waals surface area (Å²) in [4.78, 5) is 13.2. The summed E-state index contributed by atoms with van der Waals surface area (Å²) in [6.07, 6.45) is 0. The van der Waals surface area contributed by atoms with Crippen LogP contribution in [-0.2, 0) is 0 Å². The molecule has 0 saturated carbocycles. The molecule has 2 N–H and O–H groups in total. The van der Waals surface area contributed by atoms with Crippen LogP contribution in [0.15, 0.2) is 24.3 Å². The summed E-state index contributed by atoms with van der Waals surface area (Å²) in [7, 11) is 4.22. The summed E-state index contributed by atoms with van der Waals surface area (Å²) in [5.74, 6) is 0.429. The van der Waals surface area contributed by atoms with Crippen molar-refractivity contribution in [3.05, 3.63) is 34.9 Å². The maximum Gasteiger partial charge on any atom is 0.251 e. The fourth-order valence-electron chi connectivity index (χ4n) is 1.74. The van der Waals surface area contributed by atoms with Gasteiger partial charge in [-0.2, -0.15) is 0 Å². The van der Waals surface area contributed by atoms with E-state index in [-0.39, 0.29) is 5.91 Å². The van der Waals surface area contributed by atoms with Gasteiger partial charge in [-0.15, -0.1) is 0 Å². The van der Waals surface area contributed by atoms with Gasteiger partial charge in [0.2, 0.25) is 0 Å². The maximum atomic E-state index is 11.8. The molecule has 0 aliphatic rings. The lowest BCUT2D eigenvalue weighted by Crippen LogP contribution is -3.06. The van der Waals surface area contributed by atoms with Crippen molar-refractivity contribution in [1.82, 2.24) is 5.32 Å². The molecule has 1 aromatic rings. The zero-order valence-electron chi connectivity index (χ0n) is 10.6. The second-order valence-corrected chi connectivity index (χ2v) is 5.17. The van der Waals surface area contributed by atoms with Crippen molar-refractivity contribution < 1.29 is 9.69 Å². The third kappa shape index (κ3) is 5.20. The standard InChI is InChI=1S/C13H19ClN2O/c1-10(9-16(2)3)8-15-13(17)11-4-6-12(14)7-5-11/h4-7,10H,8-9H2,1-3H3,(H,15,17)/p+1/t10-/m0/s1. The second-order valence-electron chi connectivity index (χ2n) is 4.73. The van der Waals surface area contributed by atoms with Crippen LogP contribution >= 0.6 is 11.6 Å². The quantitative estimate of drug-likeness (QED) is 0.804. The lowest BCUT2D eigenvalue weighted by Gasteiger charge is -2.15. The Labute approximate surface area is 108 Å². The lowest BCUT2D eigenvalue weighted by molar-refractivity contribution is -0.861. The van der Waals surface area contributed by atoms with E-state index in [0.717, 1.165) is 6.54 Å². The van der Waals surface area contributed by atoms with Crippen molar-refractivity contribution >= 4 is 17.5 Å². The molecule has 0 saturated heterocycles. The molecule has 1 atom stereocenters. The summed E-state index contributed by atoms with van der Waals surface area (Å²) >= 11 is 5.77. The lowest BCUT2D eigenvalue weighted by atomic mass is 10.1. The molecule has 3 nitrogen and oxygen atoms in total. The number of nitrogens with one attached hydrogen (secondary N) is 2. The van der Waals surface area contributed by atoms with Gasteiger partial charge in [-0.3, -0.25) is 4.79 Å². The third-order valence-corrected chi connectivity index (χ3v) is 2.73. The minimum Gasteiger partial charge on any atom is -0.352 e. The Morgan fingerprint density at radius 2 is 1.94 bits per heavy atom. The summed E-state index contributed by atoms with van der Waals surface area (Å²) in [5.41, 5.74) is 0.652. The van der Waals surface area contributed by atoms with E-state index in [1.165, 1.54) is 4.90 Å². The summed E-state index contributed by atoms with van der Waals surface area (Å²) in [6, 6.07) is 6.92. The first-order chi connectivity index (χ1) is 7.99. The zero-order chi connectivity index (χ0) is 12.8. The molecule has 0 heterocycles. The van der Waals surface area contributed by atoms with Crippen LogP contribution in [0.4, 0.5) is 0 Å². The Bertz CT molecular complexity index is 362. The first-order valence-electron chi connectivity index (χ1n) is 5.82. The first-order valence-corrected chi connectivity index (χ1v) is 6.19. The Morgan fingerprint density at radius 1 is 1.35 bits per heavy atom. The van der Waals surface area contributed by atoms with Crippen LogP contribution < -0.4 is 10.2 Å². The minimum atomic E-state index is -0.0396. The van der Waals surface area contributed by atoms with Crippen LogP contribution in [0.1, 0.15) is 17.3 Å². The van der Waals surface area contributed by atoms with Crippen molar-refractivity contribution in [3.63, 3.8) is 0 Å². The maximum absolute atomic E-state index is 11.8. The van der Waals surface area contributed by atoms with Crippen molar-refractivity contribution in [3.8, 4) is 0 Å². The number of carbonyl (C=O) groups excluding carboxylic acids is 1. The fourth-order valence-corrected chi connectivity index (χ4v) is 1.87. The number of quaternary nitrogens is 1. The zero-order valence-corrected chi connectivity index (χ0v) is 11.3. The largest absolute Gasteiger partial charge is 0.352 e. The molecule has 0 unspecified atom stereocenters. The van der Waals surface area contributed by atoms with Crippen LogP contribution in [0.3, 0.4) is 0 Å². The van der Waals surface area contributed by atoms with Crippen molar-refractivity contribution in [1.29, 1.82) is 0 Å². The average Bonchev–Trinajstić information content (AvgIpc) is 2.26. The minimum absolute atomic E-state index is 0.0396. The SMILES string of the molecule is C[C@@H](CNC(=O)c1ccc(Cl)cc1)C[NH+](C)C. The molecule has 0 aromatic heterocycles. The van der Waals surface area contributed by atoms with Crippen molar-refractivity contribution in [2.24, 2.45) is 5.92 Å². The molecule has 17 heavy (non-hydrogen) atoms. The predicted octanol–water partition coefficient (Wildman–Crippen LogP) is 0.850. The van der Waals surface area contributed by atoms with E-state index >= 15 is 0 Å². The van der Waals surface area contributed by atoms with Gasteiger partial charge >= 0.3 is 0 Å². The fraction of sp³-hybridized carbons (Fsp3) is 0.462. The van der Waals surface area contributed by atoms with Gasteiger partial charge in [0.15, 0.2) is 0 Å². The van der Waals surface area contributed by atoms with E-state index in [1.807, 2.05) is 0 Å². The van der Waals surface area contributed by atoms with E-state index in [9.17, 15) is 4.79 Å². The van der Waals surface area contributed by atoms with Crippen molar-refractivity contribution in [2.45, 2.75) is 6.92 Å². The average molecular weight is 256 g/mol. The van der Waals surface area contributed by atoms with E-state index in [0.29, 0.717) is 23.0 Å². The number of rotatable bonds is 5. The van der Waals surface area contributed by atoms with Crippen LogP contribution in [0.2, 0.25) is 5.02 Å². The molecule has 1 aromatic carbocycles. The van der Waals surface area contributed by atoms with E-state index in [1.54, 1.807) is 24.3 Å². The Hall–Kier alpha value is -1.06. The molecule has 1 amide bonds. The molecular weight excluding hydrogens is 236 g/mol. The first kappa shape index (κ1) is 14.0. The predicted molar refractivity (Wildman–Crippen MR) is 70.6 cm³/mol. The molecule has 0 aliphatic carbocycles. The van der Waals surface area contributed by atoms with Gasteiger partial charge in [0.1, 0.15) is 0 Å². The number of hydrogen-bond donors (Lipinski definition) is 2. The highest BCUT2D eigenvalue weighted by atomic mass is 35.5.